The molecule has 4 nitrogen and oxygen atoms in total. The van der Waals surface area contributed by atoms with Crippen molar-refractivity contribution in [2.75, 3.05) is 39.6 Å². The fraction of sp³-hybridized carbons (Fsp3) is 0.706. The molecule has 1 heterocycles. The van der Waals surface area contributed by atoms with Gasteiger partial charge in [0.15, 0.2) is 0 Å². The average Bonchev–Trinajstić information content (AvgIpc) is 2.36. The van der Waals surface area contributed by atoms with Crippen molar-refractivity contribution in [1.82, 2.24) is 15.2 Å². The van der Waals surface area contributed by atoms with Crippen LogP contribution in [-0.4, -0.2) is 50.2 Å². The lowest BCUT2D eigenvalue weighted by Gasteiger charge is -2.49. The molecule has 21 heavy (non-hydrogen) atoms. The number of rotatable bonds is 6. The first-order valence-corrected chi connectivity index (χ1v) is 7.90. The first kappa shape index (κ1) is 16.2. The topological polar surface area (TPSA) is 31.4 Å². The van der Waals surface area contributed by atoms with Crippen LogP contribution in [0.5, 0.6) is 0 Å². The van der Waals surface area contributed by atoms with Crippen LogP contribution in [-0.2, 0) is 6.54 Å². The summed E-state index contributed by atoms with van der Waals surface area (Å²) in [5.41, 5.74) is 4.07. The predicted molar refractivity (Wildman–Crippen MR) is 90.0 cm³/mol. The summed E-state index contributed by atoms with van der Waals surface area (Å²) < 4.78 is 0. The number of aromatic nitrogens is 1. The van der Waals surface area contributed by atoms with E-state index in [2.05, 4.69) is 56.2 Å². The highest BCUT2D eigenvalue weighted by Gasteiger charge is 2.40. The van der Waals surface area contributed by atoms with E-state index in [4.69, 9.17) is 4.98 Å². The van der Waals surface area contributed by atoms with Gasteiger partial charge < -0.3 is 15.1 Å². The molecule has 0 aliphatic heterocycles. The molecule has 0 radical (unpaired) electrons. The van der Waals surface area contributed by atoms with Crippen molar-refractivity contribution in [3.63, 3.8) is 0 Å². The molecule has 118 valence electrons. The van der Waals surface area contributed by atoms with Gasteiger partial charge in [0, 0.05) is 36.9 Å². The van der Waals surface area contributed by atoms with Gasteiger partial charge >= 0.3 is 0 Å². The third-order valence-electron chi connectivity index (χ3n) is 4.93. The maximum atomic E-state index is 4.82. The number of likely N-dealkylation sites (N-methyl/N-ethyl adjacent to an activating group) is 2. The minimum absolute atomic E-state index is 0.324. The van der Waals surface area contributed by atoms with Crippen LogP contribution in [0.2, 0.25) is 0 Å². The van der Waals surface area contributed by atoms with E-state index in [-0.39, 0.29) is 0 Å². The van der Waals surface area contributed by atoms with Gasteiger partial charge in [0.1, 0.15) is 5.82 Å². The number of anilines is 1. The van der Waals surface area contributed by atoms with Crippen molar-refractivity contribution in [3.8, 4) is 0 Å². The molecule has 1 aliphatic rings. The molecule has 1 aromatic rings. The van der Waals surface area contributed by atoms with E-state index < -0.39 is 0 Å². The van der Waals surface area contributed by atoms with Gasteiger partial charge in [-0.3, -0.25) is 0 Å². The van der Waals surface area contributed by atoms with Crippen LogP contribution in [0, 0.1) is 13.8 Å². The predicted octanol–water partition coefficient (Wildman–Crippen LogP) is 2.34. The Morgan fingerprint density at radius 3 is 2.38 bits per heavy atom. The highest BCUT2D eigenvalue weighted by molar-refractivity contribution is 5.51. The van der Waals surface area contributed by atoms with Gasteiger partial charge in [-0.25, -0.2) is 4.98 Å². The zero-order valence-electron chi connectivity index (χ0n) is 14.5. The molecule has 1 saturated carbocycles. The maximum absolute atomic E-state index is 4.82. The fourth-order valence-corrected chi connectivity index (χ4v) is 3.40. The molecule has 1 aromatic heterocycles. The summed E-state index contributed by atoms with van der Waals surface area (Å²) in [5, 5.41) is 3.28. The molecule has 1 N–H and O–H groups in total. The molecule has 0 spiro atoms. The van der Waals surface area contributed by atoms with E-state index in [1.807, 2.05) is 7.05 Å². The second-order valence-corrected chi connectivity index (χ2v) is 6.74. The Morgan fingerprint density at radius 1 is 1.24 bits per heavy atom. The van der Waals surface area contributed by atoms with Gasteiger partial charge in [0.25, 0.3) is 0 Å². The van der Waals surface area contributed by atoms with Crippen molar-refractivity contribution in [2.24, 2.45) is 0 Å². The summed E-state index contributed by atoms with van der Waals surface area (Å²) in [6.07, 6.45) is 3.92. The summed E-state index contributed by atoms with van der Waals surface area (Å²) in [6.45, 7) is 6.18. The first-order chi connectivity index (χ1) is 9.89. The van der Waals surface area contributed by atoms with Crippen molar-refractivity contribution in [2.45, 2.75) is 45.2 Å². The van der Waals surface area contributed by atoms with Crippen molar-refractivity contribution >= 4 is 5.82 Å². The number of aryl methyl sites for hydroxylation is 2. The molecule has 0 bridgehead atoms. The molecule has 0 saturated heterocycles. The largest absolute Gasteiger partial charge is 0.358 e. The Kier molecular flexibility index (Phi) is 4.89. The molecular weight excluding hydrogens is 260 g/mol. The maximum Gasteiger partial charge on any atom is 0.133 e. The molecular formula is C17H30N4. The van der Waals surface area contributed by atoms with Crippen LogP contribution in [0.15, 0.2) is 6.07 Å². The Morgan fingerprint density at radius 2 is 1.90 bits per heavy atom. The van der Waals surface area contributed by atoms with Crippen molar-refractivity contribution in [3.05, 3.63) is 22.9 Å². The Labute approximate surface area is 129 Å². The van der Waals surface area contributed by atoms with E-state index >= 15 is 0 Å². The van der Waals surface area contributed by atoms with Gasteiger partial charge in [-0.05, 0) is 65.9 Å². The van der Waals surface area contributed by atoms with Crippen LogP contribution in [0.1, 0.15) is 36.1 Å². The highest BCUT2D eigenvalue weighted by atomic mass is 15.3. The Bertz CT molecular complexity index is 492. The average molecular weight is 290 g/mol. The van der Waals surface area contributed by atoms with Gasteiger partial charge in [0.2, 0.25) is 0 Å². The number of pyridine rings is 1. The smallest absolute Gasteiger partial charge is 0.133 e. The van der Waals surface area contributed by atoms with Crippen molar-refractivity contribution < 1.29 is 0 Å². The SMILES string of the molecule is CNCc1c(C)cc(C)nc1N(C)CC1(N(C)C)CCC1. The van der Waals surface area contributed by atoms with E-state index in [0.29, 0.717) is 5.54 Å². The molecule has 1 aliphatic carbocycles. The lowest BCUT2D eigenvalue weighted by Crippen LogP contribution is -2.57. The molecule has 0 aromatic carbocycles. The van der Waals surface area contributed by atoms with Gasteiger partial charge in [0.05, 0.1) is 0 Å². The molecule has 0 unspecified atom stereocenters. The van der Waals surface area contributed by atoms with Gasteiger partial charge in [-0.15, -0.1) is 0 Å². The number of hydrogen-bond acceptors (Lipinski definition) is 4. The highest BCUT2D eigenvalue weighted by Crippen LogP contribution is 2.37. The second-order valence-electron chi connectivity index (χ2n) is 6.74. The summed E-state index contributed by atoms with van der Waals surface area (Å²) in [7, 11) is 8.59. The normalized spacial score (nSPS) is 16.9. The molecule has 0 amide bonds. The Hall–Kier alpha value is -1.13. The Balaban J connectivity index is 2.28. The van der Waals surface area contributed by atoms with Crippen molar-refractivity contribution in [1.29, 1.82) is 0 Å². The monoisotopic (exact) mass is 290 g/mol. The minimum atomic E-state index is 0.324. The van der Waals surface area contributed by atoms with Crippen LogP contribution >= 0.6 is 0 Å². The van der Waals surface area contributed by atoms with E-state index in [0.717, 1.165) is 24.6 Å². The van der Waals surface area contributed by atoms with E-state index in [1.54, 1.807) is 0 Å². The molecule has 2 rings (SSSR count). The van der Waals surface area contributed by atoms with E-state index in [9.17, 15) is 0 Å². The van der Waals surface area contributed by atoms with Gasteiger partial charge in [-0.1, -0.05) is 0 Å². The fourth-order valence-electron chi connectivity index (χ4n) is 3.40. The van der Waals surface area contributed by atoms with Crippen LogP contribution in [0.4, 0.5) is 5.82 Å². The quantitative estimate of drug-likeness (QED) is 0.871. The molecule has 0 atom stereocenters. The first-order valence-electron chi connectivity index (χ1n) is 7.90. The summed E-state index contributed by atoms with van der Waals surface area (Å²) >= 11 is 0. The number of nitrogens with zero attached hydrogens (tertiary/aromatic N) is 3. The third-order valence-corrected chi connectivity index (χ3v) is 4.93. The van der Waals surface area contributed by atoms with E-state index in [1.165, 1.54) is 30.4 Å². The van der Waals surface area contributed by atoms with Crippen LogP contribution < -0.4 is 10.2 Å². The lowest BCUT2D eigenvalue weighted by atomic mass is 9.75. The standard InChI is InChI=1S/C17H30N4/c1-13-10-14(2)19-16(15(13)11-18-3)21(6)12-17(20(4)5)8-7-9-17/h10,18H,7-9,11-12H2,1-6H3. The molecule has 4 heteroatoms. The zero-order chi connectivity index (χ0) is 15.6. The summed E-state index contributed by atoms with van der Waals surface area (Å²) in [5.74, 6) is 1.13. The van der Waals surface area contributed by atoms with Crippen LogP contribution in [0.3, 0.4) is 0 Å². The number of hydrogen-bond donors (Lipinski definition) is 1. The second kappa shape index (κ2) is 6.32. The number of nitrogens with one attached hydrogen (secondary N) is 1. The molecule has 1 fully saturated rings. The van der Waals surface area contributed by atoms with Crippen LogP contribution in [0.25, 0.3) is 0 Å². The minimum Gasteiger partial charge on any atom is -0.358 e. The zero-order valence-corrected chi connectivity index (χ0v) is 14.5. The van der Waals surface area contributed by atoms with Gasteiger partial charge in [-0.2, -0.15) is 0 Å². The summed E-state index contributed by atoms with van der Waals surface area (Å²) in [6, 6.07) is 2.18. The lowest BCUT2D eigenvalue weighted by molar-refractivity contribution is 0.0681. The third kappa shape index (κ3) is 3.22. The summed E-state index contributed by atoms with van der Waals surface area (Å²) in [4.78, 5) is 9.57.